The first-order valence-corrected chi connectivity index (χ1v) is 11.3. The Labute approximate surface area is 201 Å². The maximum Gasteiger partial charge on any atom is 0.330 e. The molecular formula is C23H29N7O5. The minimum Gasteiger partial charge on any atom is -0.384 e. The fourth-order valence-electron chi connectivity index (χ4n) is 3.98. The van der Waals surface area contributed by atoms with Crippen molar-refractivity contribution in [3.05, 3.63) is 62.1 Å². The van der Waals surface area contributed by atoms with Crippen LogP contribution in [0.25, 0.3) is 11.4 Å². The summed E-state index contributed by atoms with van der Waals surface area (Å²) in [7, 11) is 1.49. The zero-order valence-corrected chi connectivity index (χ0v) is 19.8. The van der Waals surface area contributed by atoms with E-state index in [0.717, 1.165) is 15.7 Å². The first kappa shape index (κ1) is 24.5. The Bertz CT molecular complexity index is 1290. The first-order chi connectivity index (χ1) is 16.9. The van der Waals surface area contributed by atoms with Gasteiger partial charge in [-0.05, 0) is 6.92 Å². The number of methoxy groups -OCH3 is 1. The number of anilines is 1. The highest BCUT2D eigenvalue weighted by atomic mass is 16.5. The minimum absolute atomic E-state index is 0.0295. The topological polar surface area (TPSA) is 153 Å². The number of hydrogen-bond donors (Lipinski definition) is 2. The molecule has 0 unspecified atom stereocenters. The number of Topliss-reactive ketones (excluding diaryl/α,β-unsaturated/α-hetero) is 1. The number of ether oxygens (including phenoxy) is 1. The molecule has 1 fully saturated rings. The van der Waals surface area contributed by atoms with E-state index in [-0.39, 0.29) is 31.1 Å². The van der Waals surface area contributed by atoms with Crippen LogP contribution in [0.3, 0.4) is 0 Å². The van der Waals surface area contributed by atoms with Crippen LogP contribution in [-0.2, 0) is 17.8 Å². The summed E-state index contributed by atoms with van der Waals surface area (Å²) in [6.07, 6.45) is 0. The number of aryl methyl sites for hydroxylation is 1. The highest BCUT2D eigenvalue weighted by molar-refractivity contribution is 6.01. The predicted octanol–water partition coefficient (Wildman–Crippen LogP) is 0.124. The van der Waals surface area contributed by atoms with Gasteiger partial charge in [0.25, 0.3) is 5.56 Å². The summed E-state index contributed by atoms with van der Waals surface area (Å²) >= 11 is 0. The number of rotatable bonds is 9. The molecule has 1 aliphatic heterocycles. The molecular weight excluding hydrogens is 454 g/mol. The standard InChI is InChI=1S/C23H29N7O5/c1-15-3-5-16(6-4-15)21-25-18(35-27-21)14-29-9-7-28(8-10-29)13-17(31)19-20(24)30(11-12-34-2)23(33)26-22(19)32/h3-6H,7-14,24H2,1-2H3,(H,26,32,33). The van der Waals surface area contributed by atoms with E-state index in [9.17, 15) is 14.4 Å². The van der Waals surface area contributed by atoms with Crippen molar-refractivity contribution in [1.82, 2.24) is 29.5 Å². The van der Waals surface area contributed by atoms with Gasteiger partial charge in [-0.3, -0.25) is 28.9 Å². The lowest BCUT2D eigenvalue weighted by molar-refractivity contribution is 0.0825. The summed E-state index contributed by atoms with van der Waals surface area (Å²) in [6.45, 7) is 5.53. The smallest absolute Gasteiger partial charge is 0.330 e. The number of nitrogens with two attached hydrogens (primary N) is 1. The molecule has 2 aromatic heterocycles. The molecule has 12 nitrogen and oxygen atoms in total. The van der Waals surface area contributed by atoms with Crippen molar-refractivity contribution in [2.75, 3.05) is 52.2 Å². The van der Waals surface area contributed by atoms with Crippen LogP contribution in [0.1, 0.15) is 21.8 Å². The van der Waals surface area contributed by atoms with Crippen LogP contribution in [-0.4, -0.2) is 81.7 Å². The number of nitrogens with one attached hydrogen (secondary N) is 1. The van der Waals surface area contributed by atoms with Crippen molar-refractivity contribution in [1.29, 1.82) is 0 Å². The summed E-state index contributed by atoms with van der Waals surface area (Å²) in [6, 6.07) is 7.92. The number of ketones is 1. The number of aromatic amines is 1. The Morgan fingerprint density at radius 1 is 1.14 bits per heavy atom. The van der Waals surface area contributed by atoms with Gasteiger partial charge in [0.1, 0.15) is 11.4 Å². The van der Waals surface area contributed by atoms with Gasteiger partial charge in [0.15, 0.2) is 5.78 Å². The Hall–Kier alpha value is -3.61. The fraction of sp³-hybridized carbons (Fsp3) is 0.435. The van der Waals surface area contributed by atoms with Gasteiger partial charge in [0.2, 0.25) is 11.7 Å². The van der Waals surface area contributed by atoms with Crippen LogP contribution in [0.2, 0.25) is 0 Å². The molecule has 1 aromatic carbocycles. The third-order valence-corrected chi connectivity index (χ3v) is 6.01. The molecule has 1 aliphatic rings. The molecule has 3 N–H and O–H groups in total. The SMILES string of the molecule is COCCn1c(N)c(C(=O)CN2CCN(Cc3nc(-c4ccc(C)cc4)no3)CC2)c(=O)[nH]c1=O. The second-order valence-electron chi connectivity index (χ2n) is 8.52. The number of carbonyl (C=O) groups is 1. The third-order valence-electron chi connectivity index (χ3n) is 6.01. The average molecular weight is 484 g/mol. The van der Waals surface area contributed by atoms with E-state index in [0.29, 0.717) is 44.4 Å². The molecule has 4 rings (SSSR count). The first-order valence-electron chi connectivity index (χ1n) is 11.3. The van der Waals surface area contributed by atoms with Gasteiger partial charge >= 0.3 is 5.69 Å². The number of carbonyl (C=O) groups excluding carboxylic acids is 1. The minimum atomic E-state index is -0.773. The third kappa shape index (κ3) is 5.73. The lowest BCUT2D eigenvalue weighted by Gasteiger charge is -2.33. The molecule has 0 amide bonds. The van der Waals surface area contributed by atoms with Crippen molar-refractivity contribution >= 4 is 11.6 Å². The predicted molar refractivity (Wildman–Crippen MR) is 128 cm³/mol. The van der Waals surface area contributed by atoms with E-state index in [1.54, 1.807) is 0 Å². The van der Waals surface area contributed by atoms with Crippen molar-refractivity contribution in [3.8, 4) is 11.4 Å². The summed E-state index contributed by atoms with van der Waals surface area (Å²) in [5, 5.41) is 4.07. The molecule has 0 radical (unpaired) electrons. The lowest BCUT2D eigenvalue weighted by Crippen LogP contribution is -2.48. The largest absolute Gasteiger partial charge is 0.384 e. The van der Waals surface area contributed by atoms with Gasteiger partial charge in [-0.25, -0.2) is 4.79 Å². The van der Waals surface area contributed by atoms with E-state index >= 15 is 0 Å². The number of nitrogens with zero attached hydrogens (tertiary/aromatic N) is 5. The van der Waals surface area contributed by atoms with Crippen LogP contribution in [0.15, 0.2) is 38.4 Å². The van der Waals surface area contributed by atoms with E-state index in [2.05, 4.69) is 20.0 Å². The highest BCUT2D eigenvalue weighted by Gasteiger charge is 2.25. The molecule has 0 saturated carbocycles. The van der Waals surface area contributed by atoms with Gasteiger partial charge in [0, 0.05) is 38.9 Å². The summed E-state index contributed by atoms with van der Waals surface area (Å²) in [5.74, 6) is 0.518. The Morgan fingerprint density at radius 2 is 1.83 bits per heavy atom. The summed E-state index contributed by atoms with van der Waals surface area (Å²) in [4.78, 5) is 48.0. The average Bonchev–Trinajstić information content (AvgIpc) is 3.29. The number of benzene rings is 1. The Balaban J connectivity index is 1.34. The van der Waals surface area contributed by atoms with Gasteiger partial charge < -0.3 is 15.0 Å². The van der Waals surface area contributed by atoms with Crippen molar-refractivity contribution in [3.63, 3.8) is 0 Å². The van der Waals surface area contributed by atoms with Gasteiger partial charge in [-0.1, -0.05) is 35.0 Å². The molecule has 12 heteroatoms. The molecule has 186 valence electrons. The van der Waals surface area contributed by atoms with Gasteiger partial charge in [0.05, 0.1) is 26.2 Å². The van der Waals surface area contributed by atoms with E-state index in [1.807, 2.05) is 36.1 Å². The lowest BCUT2D eigenvalue weighted by atomic mass is 10.1. The molecule has 0 bridgehead atoms. The molecule has 0 aliphatic carbocycles. The van der Waals surface area contributed by atoms with Gasteiger partial charge in [-0.2, -0.15) is 4.98 Å². The van der Waals surface area contributed by atoms with Crippen LogP contribution < -0.4 is 17.0 Å². The molecule has 0 atom stereocenters. The normalized spacial score (nSPS) is 14.9. The van der Waals surface area contributed by atoms with E-state index < -0.39 is 17.0 Å². The second-order valence-corrected chi connectivity index (χ2v) is 8.52. The highest BCUT2D eigenvalue weighted by Crippen LogP contribution is 2.17. The molecule has 1 saturated heterocycles. The van der Waals surface area contributed by atoms with Crippen molar-refractivity contribution < 1.29 is 14.1 Å². The number of piperazine rings is 1. The summed E-state index contributed by atoms with van der Waals surface area (Å²) < 4.78 is 11.5. The summed E-state index contributed by atoms with van der Waals surface area (Å²) in [5.41, 5.74) is 6.43. The van der Waals surface area contributed by atoms with Crippen molar-refractivity contribution in [2.24, 2.45) is 0 Å². The quantitative estimate of drug-likeness (QED) is 0.401. The molecule has 3 heterocycles. The van der Waals surface area contributed by atoms with Crippen LogP contribution in [0.5, 0.6) is 0 Å². The molecule has 0 spiro atoms. The Morgan fingerprint density at radius 3 is 2.51 bits per heavy atom. The fourth-order valence-corrected chi connectivity index (χ4v) is 3.98. The Kier molecular flexibility index (Phi) is 7.54. The maximum atomic E-state index is 12.9. The van der Waals surface area contributed by atoms with E-state index in [4.69, 9.17) is 15.0 Å². The van der Waals surface area contributed by atoms with E-state index in [1.165, 1.54) is 7.11 Å². The monoisotopic (exact) mass is 483 g/mol. The number of nitrogen functional groups attached to an aromatic ring is 1. The second kappa shape index (κ2) is 10.8. The molecule has 35 heavy (non-hydrogen) atoms. The van der Waals surface area contributed by atoms with Crippen LogP contribution in [0, 0.1) is 6.92 Å². The number of hydrogen-bond acceptors (Lipinski definition) is 10. The van der Waals surface area contributed by atoms with Gasteiger partial charge in [-0.15, -0.1) is 0 Å². The van der Waals surface area contributed by atoms with Crippen LogP contribution in [0.4, 0.5) is 5.82 Å². The van der Waals surface area contributed by atoms with Crippen molar-refractivity contribution in [2.45, 2.75) is 20.0 Å². The zero-order chi connectivity index (χ0) is 24.9. The molecule has 3 aromatic rings. The number of H-pyrrole nitrogens is 1. The zero-order valence-electron chi connectivity index (χ0n) is 19.8. The van der Waals surface area contributed by atoms with Crippen LogP contribution >= 0.6 is 0 Å². The number of aromatic nitrogens is 4. The maximum absolute atomic E-state index is 12.9.